The lowest BCUT2D eigenvalue weighted by Crippen LogP contribution is -2.46. The molecule has 1 aliphatic rings. The SMILES string of the molecule is Cc1ccc(-c2nc(CN3C(=O)NC(Cc4ccccc4)(c4ccccc4)C3=O)co2)cc1. The van der Waals surface area contributed by atoms with Crippen LogP contribution in [0.5, 0.6) is 0 Å². The van der Waals surface area contributed by atoms with Crippen LogP contribution >= 0.6 is 0 Å². The number of aryl methyl sites for hydroxylation is 1. The van der Waals surface area contributed by atoms with E-state index in [9.17, 15) is 9.59 Å². The summed E-state index contributed by atoms with van der Waals surface area (Å²) in [4.78, 5) is 32.5. The topological polar surface area (TPSA) is 75.4 Å². The van der Waals surface area contributed by atoms with Gasteiger partial charge in [-0.05, 0) is 30.2 Å². The summed E-state index contributed by atoms with van der Waals surface area (Å²) in [5, 5.41) is 2.98. The third-order valence-electron chi connectivity index (χ3n) is 5.92. The maximum atomic E-state index is 13.7. The molecule has 0 radical (unpaired) electrons. The highest BCUT2D eigenvalue weighted by atomic mass is 16.3. The Morgan fingerprint density at radius 3 is 2.27 bits per heavy atom. The molecule has 33 heavy (non-hydrogen) atoms. The van der Waals surface area contributed by atoms with Gasteiger partial charge < -0.3 is 9.73 Å². The zero-order chi connectivity index (χ0) is 22.8. The number of nitrogens with one attached hydrogen (secondary N) is 1. The van der Waals surface area contributed by atoms with Gasteiger partial charge in [0.25, 0.3) is 5.91 Å². The van der Waals surface area contributed by atoms with Gasteiger partial charge in [-0.2, -0.15) is 0 Å². The molecule has 4 aromatic rings. The van der Waals surface area contributed by atoms with Crippen molar-refractivity contribution in [2.24, 2.45) is 0 Å². The molecule has 1 atom stereocenters. The summed E-state index contributed by atoms with van der Waals surface area (Å²) in [7, 11) is 0. The van der Waals surface area contributed by atoms with Gasteiger partial charge in [0.15, 0.2) is 5.54 Å². The van der Waals surface area contributed by atoms with Crippen molar-refractivity contribution in [1.29, 1.82) is 0 Å². The van der Waals surface area contributed by atoms with E-state index in [2.05, 4.69) is 10.3 Å². The predicted octanol–water partition coefficient (Wildman–Crippen LogP) is 4.84. The summed E-state index contributed by atoms with van der Waals surface area (Å²) >= 11 is 0. The fraction of sp³-hybridized carbons (Fsp3) is 0.148. The number of oxazole rings is 1. The van der Waals surface area contributed by atoms with Crippen molar-refractivity contribution in [3.8, 4) is 11.5 Å². The highest BCUT2D eigenvalue weighted by Gasteiger charge is 2.52. The van der Waals surface area contributed by atoms with E-state index in [1.54, 1.807) is 0 Å². The molecule has 2 heterocycles. The van der Waals surface area contributed by atoms with Crippen molar-refractivity contribution < 1.29 is 14.0 Å². The first kappa shape index (κ1) is 20.7. The Hall–Kier alpha value is -4.19. The number of benzene rings is 3. The molecular weight excluding hydrogens is 414 g/mol. The molecule has 6 nitrogen and oxygen atoms in total. The second-order valence-electron chi connectivity index (χ2n) is 8.27. The summed E-state index contributed by atoms with van der Waals surface area (Å²) in [6, 6.07) is 26.4. The first-order valence-corrected chi connectivity index (χ1v) is 10.8. The minimum absolute atomic E-state index is 0.0312. The van der Waals surface area contributed by atoms with Gasteiger partial charge in [0.1, 0.15) is 6.26 Å². The number of hydrogen-bond acceptors (Lipinski definition) is 4. The number of hydrogen-bond donors (Lipinski definition) is 1. The van der Waals surface area contributed by atoms with Crippen molar-refractivity contribution in [2.75, 3.05) is 0 Å². The number of carbonyl (C=O) groups excluding carboxylic acids is 2. The fourth-order valence-electron chi connectivity index (χ4n) is 4.18. The third-order valence-corrected chi connectivity index (χ3v) is 5.92. The monoisotopic (exact) mass is 437 g/mol. The third kappa shape index (κ3) is 3.91. The summed E-state index contributed by atoms with van der Waals surface area (Å²) in [5.74, 6) is 0.151. The number of rotatable bonds is 6. The molecule has 164 valence electrons. The van der Waals surface area contributed by atoms with Crippen LogP contribution in [0.4, 0.5) is 4.79 Å². The maximum Gasteiger partial charge on any atom is 0.325 e. The summed E-state index contributed by atoms with van der Waals surface area (Å²) in [6.07, 6.45) is 1.85. The molecular formula is C27H23N3O3. The molecule has 1 fully saturated rings. The maximum absolute atomic E-state index is 13.7. The van der Waals surface area contributed by atoms with Crippen molar-refractivity contribution >= 4 is 11.9 Å². The van der Waals surface area contributed by atoms with Crippen LogP contribution < -0.4 is 5.32 Å². The zero-order valence-corrected chi connectivity index (χ0v) is 18.2. The van der Waals surface area contributed by atoms with Gasteiger partial charge in [0.2, 0.25) is 5.89 Å². The Morgan fingerprint density at radius 1 is 0.909 bits per heavy atom. The quantitative estimate of drug-likeness (QED) is 0.438. The fourth-order valence-corrected chi connectivity index (χ4v) is 4.18. The van der Waals surface area contributed by atoms with Gasteiger partial charge in [-0.1, -0.05) is 78.4 Å². The van der Waals surface area contributed by atoms with Crippen LogP contribution in [0.15, 0.2) is 95.6 Å². The molecule has 3 aromatic carbocycles. The minimum Gasteiger partial charge on any atom is -0.444 e. The van der Waals surface area contributed by atoms with E-state index in [-0.39, 0.29) is 12.5 Å². The molecule has 5 rings (SSSR count). The molecule has 0 saturated carbocycles. The lowest BCUT2D eigenvalue weighted by atomic mass is 9.83. The van der Waals surface area contributed by atoms with E-state index in [4.69, 9.17) is 4.42 Å². The van der Waals surface area contributed by atoms with E-state index >= 15 is 0 Å². The number of amides is 3. The van der Waals surface area contributed by atoms with Crippen LogP contribution in [-0.4, -0.2) is 21.8 Å². The first-order valence-electron chi connectivity index (χ1n) is 10.8. The number of carbonyl (C=O) groups is 2. The van der Waals surface area contributed by atoms with Crippen LogP contribution in [-0.2, 0) is 23.3 Å². The Bertz CT molecular complexity index is 1280. The molecule has 1 saturated heterocycles. The van der Waals surface area contributed by atoms with Gasteiger partial charge in [-0.25, -0.2) is 9.78 Å². The van der Waals surface area contributed by atoms with Gasteiger partial charge >= 0.3 is 6.03 Å². The Morgan fingerprint density at radius 2 is 1.58 bits per heavy atom. The van der Waals surface area contributed by atoms with Crippen molar-refractivity contribution in [3.63, 3.8) is 0 Å². The molecule has 1 unspecified atom stereocenters. The molecule has 3 amide bonds. The molecule has 1 aliphatic heterocycles. The highest BCUT2D eigenvalue weighted by Crippen LogP contribution is 2.34. The lowest BCUT2D eigenvalue weighted by Gasteiger charge is -2.27. The number of urea groups is 1. The van der Waals surface area contributed by atoms with Crippen LogP contribution in [0.25, 0.3) is 11.5 Å². The molecule has 1 N–H and O–H groups in total. The van der Waals surface area contributed by atoms with Gasteiger partial charge in [-0.15, -0.1) is 0 Å². The van der Waals surface area contributed by atoms with Crippen molar-refractivity contribution in [3.05, 3.63) is 114 Å². The van der Waals surface area contributed by atoms with Crippen LogP contribution in [0.1, 0.15) is 22.4 Å². The standard InChI is InChI=1S/C27H23N3O3/c1-19-12-14-21(15-13-19)24-28-23(18-33-24)17-30-25(31)27(29-26(30)32,22-10-6-3-7-11-22)16-20-8-4-2-5-9-20/h2-15,18H,16-17H2,1H3,(H,29,32). The molecule has 6 heteroatoms. The van der Waals surface area contributed by atoms with Crippen LogP contribution in [0.2, 0.25) is 0 Å². The van der Waals surface area contributed by atoms with E-state index in [0.29, 0.717) is 18.0 Å². The van der Waals surface area contributed by atoms with E-state index < -0.39 is 11.6 Å². The van der Waals surface area contributed by atoms with Gasteiger partial charge in [-0.3, -0.25) is 9.69 Å². The summed E-state index contributed by atoms with van der Waals surface area (Å²) in [6.45, 7) is 2.04. The largest absolute Gasteiger partial charge is 0.444 e. The van der Waals surface area contributed by atoms with Gasteiger partial charge in [0.05, 0.1) is 12.2 Å². The number of nitrogens with zero attached hydrogens (tertiary/aromatic N) is 2. The zero-order valence-electron chi connectivity index (χ0n) is 18.2. The van der Waals surface area contributed by atoms with E-state index in [1.165, 1.54) is 11.2 Å². The normalized spacial score (nSPS) is 17.9. The van der Waals surface area contributed by atoms with Crippen molar-refractivity contribution in [1.82, 2.24) is 15.2 Å². The highest BCUT2D eigenvalue weighted by molar-refractivity contribution is 6.07. The summed E-state index contributed by atoms with van der Waals surface area (Å²) in [5.41, 5.74) is 3.02. The number of imide groups is 1. The first-order chi connectivity index (χ1) is 16.0. The second kappa shape index (κ2) is 8.39. The van der Waals surface area contributed by atoms with Crippen LogP contribution in [0, 0.1) is 6.92 Å². The Labute approximate surface area is 191 Å². The molecule has 0 spiro atoms. The van der Waals surface area contributed by atoms with E-state index in [1.807, 2.05) is 91.9 Å². The Kier molecular flexibility index (Phi) is 5.26. The second-order valence-corrected chi connectivity index (χ2v) is 8.27. The van der Waals surface area contributed by atoms with Gasteiger partial charge in [0, 0.05) is 12.0 Å². The van der Waals surface area contributed by atoms with Crippen molar-refractivity contribution in [2.45, 2.75) is 25.4 Å². The number of aromatic nitrogens is 1. The summed E-state index contributed by atoms with van der Waals surface area (Å²) < 4.78 is 5.62. The molecule has 0 bridgehead atoms. The van der Waals surface area contributed by atoms with Crippen LogP contribution in [0.3, 0.4) is 0 Å². The smallest absolute Gasteiger partial charge is 0.325 e. The predicted molar refractivity (Wildman–Crippen MR) is 124 cm³/mol. The average Bonchev–Trinajstić information content (AvgIpc) is 3.40. The lowest BCUT2D eigenvalue weighted by molar-refractivity contribution is -0.132. The minimum atomic E-state index is -1.18. The molecule has 1 aromatic heterocycles. The average molecular weight is 437 g/mol. The Balaban J connectivity index is 1.44. The van der Waals surface area contributed by atoms with E-state index in [0.717, 1.165) is 22.3 Å². The molecule has 0 aliphatic carbocycles.